The van der Waals surface area contributed by atoms with Gasteiger partial charge in [-0.2, -0.15) is 0 Å². The summed E-state index contributed by atoms with van der Waals surface area (Å²) >= 11 is 0. The van der Waals surface area contributed by atoms with Crippen molar-refractivity contribution in [1.29, 1.82) is 0 Å². The van der Waals surface area contributed by atoms with Crippen LogP contribution in [0.4, 0.5) is 13.2 Å². The van der Waals surface area contributed by atoms with Gasteiger partial charge in [0.15, 0.2) is 0 Å². The molecule has 1 atom stereocenters. The minimum atomic E-state index is -4.75. The minimum Gasteiger partial charge on any atom is -0.405 e. The Morgan fingerprint density at radius 3 is 2.32 bits per heavy atom. The number of hydrogen-bond donors (Lipinski definition) is 1. The summed E-state index contributed by atoms with van der Waals surface area (Å²) in [4.78, 5) is 0. The number of ether oxygens (including phenoxy) is 1. The van der Waals surface area contributed by atoms with E-state index in [1.807, 2.05) is 13.8 Å². The van der Waals surface area contributed by atoms with E-state index in [-0.39, 0.29) is 16.7 Å². The smallest absolute Gasteiger partial charge is 0.405 e. The van der Waals surface area contributed by atoms with Gasteiger partial charge in [0, 0.05) is 5.56 Å². The first-order chi connectivity index (χ1) is 8.61. The van der Waals surface area contributed by atoms with Crippen LogP contribution in [0.2, 0.25) is 0 Å². The molecule has 0 amide bonds. The van der Waals surface area contributed by atoms with Gasteiger partial charge in [0.05, 0.1) is 5.60 Å². The molecular weight excluding hydrogens is 257 g/mol. The Bertz CT molecular complexity index is 468. The van der Waals surface area contributed by atoms with Gasteiger partial charge in [-0.1, -0.05) is 32.0 Å². The van der Waals surface area contributed by atoms with Crippen LogP contribution < -0.4 is 4.74 Å². The maximum absolute atomic E-state index is 12.4. The molecular formula is C14H17F3O2. The second-order valence-electron chi connectivity index (χ2n) is 5.92. The highest BCUT2D eigenvalue weighted by Crippen LogP contribution is 2.51. The lowest BCUT2D eigenvalue weighted by molar-refractivity contribution is -0.275. The van der Waals surface area contributed by atoms with Crippen LogP contribution in [-0.2, 0) is 5.60 Å². The normalized spacial score (nSPS) is 26.4. The van der Waals surface area contributed by atoms with Crippen molar-refractivity contribution in [2.24, 2.45) is 5.41 Å². The third-order valence-electron chi connectivity index (χ3n) is 3.60. The van der Waals surface area contributed by atoms with Gasteiger partial charge in [-0.25, -0.2) is 0 Å². The molecule has 1 aliphatic rings. The Hall–Kier alpha value is -1.23. The summed E-state index contributed by atoms with van der Waals surface area (Å²) in [6, 6.07) is 5.82. The largest absolute Gasteiger partial charge is 0.573 e. The number of rotatable bonds is 2. The summed E-state index contributed by atoms with van der Waals surface area (Å²) < 4.78 is 41.2. The molecule has 106 valence electrons. The molecule has 0 aliphatic heterocycles. The van der Waals surface area contributed by atoms with Crippen molar-refractivity contribution in [3.63, 3.8) is 0 Å². The number of benzene rings is 1. The van der Waals surface area contributed by atoms with Gasteiger partial charge in [0.2, 0.25) is 0 Å². The average molecular weight is 274 g/mol. The van der Waals surface area contributed by atoms with E-state index in [9.17, 15) is 18.3 Å². The summed E-state index contributed by atoms with van der Waals surface area (Å²) in [5.41, 5.74) is -1.11. The second kappa shape index (κ2) is 4.40. The highest BCUT2D eigenvalue weighted by molar-refractivity contribution is 5.39. The molecule has 0 spiro atoms. The maximum atomic E-state index is 12.4. The highest BCUT2D eigenvalue weighted by atomic mass is 19.4. The fraction of sp³-hybridized carbons (Fsp3) is 0.571. The van der Waals surface area contributed by atoms with Crippen LogP contribution in [0.25, 0.3) is 0 Å². The molecule has 2 rings (SSSR count). The number of hydrogen-bond acceptors (Lipinski definition) is 2. The van der Waals surface area contributed by atoms with Gasteiger partial charge >= 0.3 is 6.36 Å². The van der Waals surface area contributed by atoms with Crippen LogP contribution in [0, 0.1) is 5.41 Å². The van der Waals surface area contributed by atoms with Crippen molar-refractivity contribution in [3.05, 3.63) is 29.8 Å². The van der Waals surface area contributed by atoms with Crippen LogP contribution in [0.3, 0.4) is 0 Å². The Morgan fingerprint density at radius 1 is 1.16 bits per heavy atom. The van der Waals surface area contributed by atoms with Gasteiger partial charge in [-0.3, -0.25) is 0 Å². The topological polar surface area (TPSA) is 29.5 Å². The molecule has 19 heavy (non-hydrogen) atoms. The molecule has 0 radical (unpaired) electrons. The predicted molar refractivity (Wildman–Crippen MR) is 64.7 cm³/mol. The molecule has 1 aromatic rings. The summed E-state index contributed by atoms with van der Waals surface area (Å²) in [6.45, 7) is 4.00. The average Bonchev–Trinajstić information content (AvgIpc) is 2.52. The van der Waals surface area contributed by atoms with E-state index < -0.39 is 12.0 Å². The lowest BCUT2D eigenvalue weighted by atomic mass is 9.85. The number of halogens is 3. The van der Waals surface area contributed by atoms with E-state index in [4.69, 9.17) is 0 Å². The van der Waals surface area contributed by atoms with Crippen LogP contribution >= 0.6 is 0 Å². The van der Waals surface area contributed by atoms with E-state index in [1.165, 1.54) is 18.2 Å². The SMILES string of the molecule is CC1(C)CCC(O)(c2ccccc2OC(F)(F)F)C1. The van der Waals surface area contributed by atoms with Crippen LogP contribution in [0.15, 0.2) is 24.3 Å². The third kappa shape index (κ3) is 3.21. The zero-order valence-corrected chi connectivity index (χ0v) is 10.9. The van der Waals surface area contributed by atoms with Gasteiger partial charge in [0.1, 0.15) is 5.75 Å². The van der Waals surface area contributed by atoms with E-state index in [0.717, 1.165) is 6.42 Å². The molecule has 1 unspecified atom stereocenters. The van der Waals surface area contributed by atoms with Gasteiger partial charge in [-0.15, -0.1) is 13.2 Å². The molecule has 1 aliphatic carbocycles. The first kappa shape index (κ1) is 14.2. The Kier molecular flexibility index (Phi) is 3.29. The molecule has 1 fully saturated rings. The van der Waals surface area contributed by atoms with Crippen LogP contribution in [-0.4, -0.2) is 11.5 Å². The van der Waals surface area contributed by atoms with Crippen LogP contribution in [0.5, 0.6) is 5.75 Å². The quantitative estimate of drug-likeness (QED) is 0.883. The first-order valence-electron chi connectivity index (χ1n) is 6.19. The summed E-state index contributed by atoms with van der Waals surface area (Å²) in [5.74, 6) is -0.310. The molecule has 0 saturated heterocycles. The van der Waals surface area contributed by atoms with Crippen molar-refractivity contribution >= 4 is 0 Å². The van der Waals surface area contributed by atoms with Crippen LogP contribution in [0.1, 0.15) is 38.7 Å². The number of alkyl halides is 3. The molecule has 0 heterocycles. The van der Waals surface area contributed by atoms with E-state index in [1.54, 1.807) is 6.07 Å². The predicted octanol–water partition coefficient (Wildman–Crippen LogP) is 3.98. The minimum absolute atomic E-state index is 0.0832. The van der Waals surface area contributed by atoms with Crippen molar-refractivity contribution in [3.8, 4) is 5.75 Å². The van der Waals surface area contributed by atoms with Crippen molar-refractivity contribution in [2.75, 3.05) is 0 Å². The first-order valence-corrected chi connectivity index (χ1v) is 6.19. The van der Waals surface area contributed by atoms with E-state index >= 15 is 0 Å². The van der Waals surface area contributed by atoms with Gasteiger partial charge < -0.3 is 9.84 Å². The van der Waals surface area contributed by atoms with Crippen molar-refractivity contribution < 1.29 is 23.0 Å². The summed E-state index contributed by atoms with van der Waals surface area (Å²) in [6.07, 6.45) is -3.11. The lowest BCUT2D eigenvalue weighted by Crippen LogP contribution is -2.26. The standard InChI is InChI=1S/C14H17F3O2/c1-12(2)7-8-13(18,9-12)10-5-3-4-6-11(10)19-14(15,16)17/h3-6,18H,7-9H2,1-2H3. The monoisotopic (exact) mass is 274 g/mol. The number of aliphatic hydroxyl groups is 1. The zero-order valence-electron chi connectivity index (χ0n) is 10.9. The molecule has 1 aromatic carbocycles. The Labute approximate surface area is 110 Å². The fourth-order valence-corrected chi connectivity index (χ4v) is 2.81. The van der Waals surface area contributed by atoms with Crippen molar-refractivity contribution in [1.82, 2.24) is 0 Å². The molecule has 0 bridgehead atoms. The van der Waals surface area contributed by atoms with Gasteiger partial charge in [-0.05, 0) is 30.7 Å². The summed E-state index contributed by atoms with van der Waals surface area (Å²) in [7, 11) is 0. The van der Waals surface area contributed by atoms with Crippen molar-refractivity contribution in [2.45, 2.75) is 45.1 Å². The molecule has 1 saturated carbocycles. The Morgan fingerprint density at radius 2 is 1.79 bits per heavy atom. The Balaban J connectivity index is 2.35. The molecule has 0 aromatic heterocycles. The maximum Gasteiger partial charge on any atom is 0.573 e. The van der Waals surface area contributed by atoms with E-state index in [0.29, 0.717) is 12.8 Å². The number of para-hydroxylation sites is 1. The molecule has 1 N–H and O–H groups in total. The van der Waals surface area contributed by atoms with Gasteiger partial charge in [0.25, 0.3) is 0 Å². The summed E-state index contributed by atoms with van der Waals surface area (Å²) in [5, 5.41) is 10.6. The fourth-order valence-electron chi connectivity index (χ4n) is 2.81. The lowest BCUT2D eigenvalue weighted by Gasteiger charge is -2.27. The molecule has 5 heteroatoms. The van der Waals surface area contributed by atoms with E-state index in [2.05, 4.69) is 4.74 Å². The second-order valence-corrected chi connectivity index (χ2v) is 5.92. The molecule has 2 nitrogen and oxygen atoms in total. The highest BCUT2D eigenvalue weighted by Gasteiger charge is 2.45. The third-order valence-corrected chi connectivity index (χ3v) is 3.60. The zero-order chi connectivity index (χ0) is 14.3.